The van der Waals surface area contributed by atoms with Crippen molar-refractivity contribution < 1.29 is 9.59 Å². The first-order valence-corrected chi connectivity index (χ1v) is 10.6. The first-order chi connectivity index (χ1) is 13.8. The zero-order valence-corrected chi connectivity index (χ0v) is 17.7. The zero-order chi connectivity index (χ0) is 20.9. The monoisotopic (exact) mass is 409 g/mol. The Morgan fingerprint density at radius 3 is 2.55 bits per heavy atom. The molecule has 1 saturated carbocycles. The van der Waals surface area contributed by atoms with Crippen LogP contribution in [-0.2, 0) is 0 Å². The van der Waals surface area contributed by atoms with Crippen LogP contribution >= 0.6 is 11.8 Å². The number of para-hydroxylation sites is 1. The number of ketones is 2. The Morgan fingerprint density at radius 2 is 1.93 bits per heavy atom. The van der Waals surface area contributed by atoms with Crippen molar-refractivity contribution in [2.45, 2.75) is 57.0 Å². The molecule has 1 N–H and O–H groups in total. The molecule has 1 fully saturated rings. The molecule has 1 aliphatic rings. The number of hydrogen-bond donors (Lipinski definition) is 1. The van der Waals surface area contributed by atoms with E-state index >= 15 is 0 Å². The second kappa shape index (κ2) is 7.30. The summed E-state index contributed by atoms with van der Waals surface area (Å²) in [5, 5.41) is 0.721. The highest BCUT2D eigenvalue weighted by Gasteiger charge is 2.31. The average molecular weight is 410 g/mol. The van der Waals surface area contributed by atoms with Crippen LogP contribution in [0.25, 0.3) is 10.9 Å². The third kappa shape index (κ3) is 3.44. The maximum Gasteiger partial charge on any atom is 0.262 e. The minimum Gasteiger partial charge on any atom is -0.355 e. The van der Waals surface area contributed by atoms with Crippen molar-refractivity contribution in [2.24, 2.45) is 0 Å². The Morgan fingerprint density at radius 1 is 1.24 bits per heavy atom. The molecular weight excluding hydrogens is 386 g/mol. The summed E-state index contributed by atoms with van der Waals surface area (Å²) in [4.78, 5) is 45.8. The van der Waals surface area contributed by atoms with E-state index in [2.05, 4.69) is 4.98 Å². The number of carbonyl (C=O) groups excluding carboxylic acids is 2. The number of nitrogens with one attached hydrogen (secondary N) is 1. The second-order valence-corrected chi connectivity index (χ2v) is 8.93. The fourth-order valence-electron chi connectivity index (χ4n) is 3.80. The number of Topliss-reactive ketones (excluding diaryl/α,β-unsaturated/α-hetero) is 2. The molecule has 6 nitrogen and oxygen atoms in total. The Kier molecular flexibility index (Phi) is 4.94. The lowest BCUT2D eigenvalue weighted by atomic mass is 10.0. The van der Waals surface area contributed by atoms with E-state index in [-0.39, 0.29) is 23.2 Å². The number of hydrogen-bond acceptors (Lipinski definition) is 5. The van der Waals surface area contributed by atoms with Crippen LogP contribution < -0.4 is 5.56 Å². The first-order valence-electron chi connectivity index (χ1n) is 9.71. The van der Waals surface area contributed by atoms with Gasteiger partial charge in [-0.15, -0.1) is 0 Å². The molecule has 0 saturated heterocycles. The number of carbonyl (C=O) groups is 2. The predicted octanol–water partition coefficient (Wildman–Crippen LogP) is 4.24. The molecule has 1 aromatic carbocycles. The van der Waals surface area contributed by atoms with Gasteiger partial charge in [-0.25, -0.2) is 4.98 Å². The van der Waals surface area contributed by atoms with Gasteiger partial charge in [0.2, 0.25) is 0 Å². The number of nitrogens with zero attached hydrogens (tertiary/aromatic N) is 2. The number of aromatic amines is 1. The molecule has 0 amide bonds. The Hall–Kier alpha value is -2.67. The summed E-state index contributed by atoms with van der Waals surface area (Å²) in [6.45, 7) is 6.91. The summed E-state index contributed by atoms with van der Waals surface area (Å²) >= 11 is 1.30. The van der Waals surface area contributed by atoms with Crippen molar-refractivity contribution in [3.63, 3.8) is 0 Å². The maximum atomic E-state index is 13.1. The third-order valence-corrected chi connectivity index (χ3v) is 6.44. The minimum absolute atomic E-state index is 0.0500. The SMILES string of the molecule is CC(=O)c1c(C)[nH]c(C(=O)[C@H](C)Sc2nc3ccccc3c(=O)n2C2CC2)c1C. The van der Waals surface area contributed by atoms with Gasteiger partial charge in [-0.2, -0.15) is 0 Å². The van der Waals surface area contributed by atoms with Gasteiger partial charge in [0.05, 0.1) is 21.8 Å². The predicted molar refractivity (Wildman–Crippen MR) is 114 cm³/mol. The molecule has 150 valence electrons. The highest BCUT2D eigenvalue weighted by atomic mass is 32.2. The maximum absolute atomic E-state index is 13.1. The zero-order valence-electron chi connectivity index (χ0n) is 16.9. The molecule has 1 atom stereocenters. The number of benzene rings is 1. The summed E-state index contributed by atoms with van der Waals surface area (Å²) in [6.07, 6.45) is 1.90. The van der Waals surface area contributed by atoms with Gasteiger partial charge in [0.25, 0.3) is 5.56 Å². The quantitative estimate of drug-likeness (QED) is 0.374. The summed E-state index contributed by atoms with van der Waals surface area (Å²) in [6, 6.07) is 7.46. The van der Waals surface area contributed by atoms with Gasteiger partial charge in [0.15, 0.2) is 16.7 Å². The molecule has 29 heavy (non-hydrogen) atoms. The minimum atomic E-state index is -0.454. The van der Waals surface area contributed by atoms with Crippen molar-refractivity contribution in [3.8, 4) is 0 Å². The van der Waals surface area contributed by atoms with Crippen molar-refractivity contribution >= 4 is 34.2 Å². The molecule has 1 aliphatic carbocycles. The van der Waals surface area contributed by atoms with Gasteiger partial charge < -0.3 is 4.98 Å². The number of aryl methyl sites for hydroxylation is 1. The fourth-order valence-corrected chi connectivity index (χ4v) is 4.84. The van der Waals surface area contributed by atoms with Crippen LogP contribution in [0.3, 0.4) is 0 Å². The molecule has 4 rings (SSSR count). The molecule has 2 aromatic heterocycles. The van der Waals surface area contributed by atoms with E-state index in [1.807, 2.05) is 25.1 Å². The Balaban J connectivity index is 1.71. The van der Waals surface area contributed by atoms with E-state index in [1.165, 1.54) is 18.7 Å². The standard InChI is InChI=1S/C22H23N3O3S/c1-11-18(13(3)26)12(2)23-19(11)20(27)14(4)29-22-24-17-8-6-5-7-16(17)21(28)25(22)15-9-10-15/h5-8,14-15,23H,9-10H2,1-4H3/t14-/m0/s1. The Bertz CT molecular complexity index is 1200. The normalized spacial score (nSPS) is 14.9. The van der Waals surface area contributed by atoms with Crippen molar-refractivity contribution in [1.29, 1.82) is 0 Å². The Labute approximate surface area is 172 Å². The number of fused-ring (bicyclic) bond motifs is 1. The van der Waals surface area contributed by atoms with E-state index < -0.39 is 5.25 Å². The molecule has 3 aromatic rings. The van der Waals surface area contributed by atoms with Gasteiger partial charge in [0, 0.05) is 17.3 Å². The fraction of sp³-hybridized carbons (Fsp3) is 0.364. The molecule has 0 aliphatic heterocycles. The van der Waals surface area contributed by atoms with Crippen molar-refractivity contribution in [3.05, 3.63) is 57.1 Å². The smallest absolute Gasteiger partial charge is 0.262 e. The van der Waals surface area contributed by atoms with Crippen LogP contribution in [0.4, 0.5) is 0 Å². The van der Waals surface area contributed by atoms with Gasteiger partial charge >= 0.3 is 0 Å². The molecule has 0 bridgehead atoms. The molecule has 2 heterocycles. The molecule has 7 heteroatoms. The summed E-state index contributed by atoms with van der Waals surface area (Å²) in [7, 11) is 0. The van der Waals surface area contributed by atoms with Gasteiger partial charge in [0.1, 0.15) is 0 Å². The number of H-pyrrole nitrogens is 1. The lowest BCUT2D eigenvalue weighted by Gasteiger charge is -2.15. The van der Waals surface area contributed by atoms with Crippen molar-refractivity contribution in [2.75, 3.05) is 0 Å². The van der Waals surface area contributed by atoms with Crippen LogP contribution in [0.1, 0.15) is 64.8 Å². The van der Waals surface area contributed by atoms with Crippen LogP contribution in [0.15, 0.2) is 34.2 Å². The molecule has 0 radical (unpaired) electrons. The second-order valence-electron chi connectivity index (χ2n) is 7.62. The molecular formula is C22H23N3O3S. The van der Waals surface area contributed by atoms with Crippen LogP contribution in [0.5, 0.6) is 0 Å². The number of rotatable bonds is 6. The van der Waals surface area contributed by atoms with E-state index in [9.17, 15) is 14.4 Å². The first kappa shape index (κ1) is 19.6. The van der Waals surface area contributed by atoms with E-state index in [4.69, 9.17) is 4.98 Å². The number of aromatic nitrogens is 3. The van der Waals surface area contributed by atoms with Gasteiger partial charge in [-0.3, -0.25) is 19.0 Å². The van der Waals surface area contributed by atoms with Crippen LogP contribution in [0, 0.1) is 13.8 Å². The van der Waals surface area contributed by atoms with Crippen LogP contribution in [0.2, 0.25) is 0 Å². The topological polar surface area (TPSA) is 84.8 Å². The number of thioether (sulfide) groups is 1. The van der Waals surface area contributed by atoms with E-state index in [0.29, 0.717) is 38.6 Å². The molecule has 0 spiro atoms. The van der Waals surface area contributed by atoms with Gasteiger partial charge in [-0.1, -0.05) is 23.9 Å². The third-order valence-electron chi connectivity index (χ3n) is 5.37. The van der Waals surface area contributed by atoms with Gasteiger partial charge in [-0.05, 0) is 58.2 Å². The average Bonchev–Trinajstić information content (AvgIpc) is 3.45. The van der Waals surface area contributed by atoms with E-state index in [0.717, 1.165) is 12.8 Å². The van der Waals surface area contributed by atoms with E-state index in [1.54, 1.807) is 24.5 Å². The summed E-state index contributed by atoms with van der Waals surface area (Å²) in [5.74, 6) is -0.165. The lowest BCUT2D eigenvalue weighted by molar-refractivity contribution is 0.0988. The lowest BCUT2D eigenvalue weighted by Crippen LogP contribution is -2.24. The van der Waals surface area contributed by atoms with Crippen LogP contribution in [-0.4, -0.2) is 31.4 Å². The largest absolute Gasteiger partial charge is 0.355 e. The highest BCUT2D eigenvalue weighted by Crippen LogP contribution is 2.38. The highest BCUT2D eigenvalue weighted by molar-refractivity contribution is 8.00. The summed E-state index contributed by atoms with van der Waals surface area (Å²) in [5.41, 5.74) is 3.00. The summed E-state index contributed by atoms with van der Waals surface area (Å²) < 4.78 is 1.74. The van der Waals surface area contributed by atoms with Crippen molar-refractivity contribution in [1.82, 2.24) is 14.5 Å². The molecule has 0 unspecified atom stereocenters.